The molecule has 0 saturated heterocycles. The van der Waals surface area contributed by atoms with Crippen LogP contribution in [0.25, 0.3) is 5.69 Å². The van der Waals surface area contributed by atoms with Gasteiger partial charge in [-0.25, -0.2) is 0 Å². The summed E-state index contributed by atoms with van der Waals surface area (Å²) in [6, 6.07) is 5.43. The van der Waals surface area contributed by atoms with Crippen LogP contribution in [0.3, 0.4) is 0 Å². The van der Waals surface area contributed by atoms with E-state index in [9.17, 15) is 4.79 Å². The summed E-state index contributed by atoms with van der Waals surface area (Å²) in [6.07, 6.45) is 6.03. The molecule has 0 radical (unpaired) electrons. The highest BCUT2D eigenvalue weighted by Crippen LogP contribution is 2.38. The summed E-state index contributed by atoms with van der Waals surface area (Å²) in [6.45, 7) is 2.36. The number of hydrogen-bond donors (Lipinski definition) is 2. The number of benzene rings is 1. The molecule has 8 nitrogen and oxygen atoms in total. The lowest BCUT2D eigenvalue weighted by atomic mass is 9.71. The number of nitrogens with two attached hydrogens (primary N) is 1. The van der Waals surface area contributed by atoms with Crippen molar-refractivity contribution < 1.29 is 9.53 Å². The monoisotopic (exact) mass is 358 g/mol. The summed E-state index contributed by atoms with van der Waals surface area (Å²) in [5.41, 5.74) is 7.30. The zero-order valence-electron chi connectivity index (χ0n) is 15.4. The lowest BCUT2D eigenvalue weighted by Gasteiger charge is -2.35. The quantitative estimate of drug-likeness (QED) is 0.820. The van der Waals surface area contributed by atoms with Crippen LogP contribution >= 0.6 is 0 Å². The molecule has 1 fully saturated rings. The minimum Gasteiger partial charge on any atom is -0.494 e. The van der Waals surface area contributed by atoms with Crippen LogP contribution in [0.4, 0.5) is 5.69 Å². The van der Waals surface area contributed by atoms with Gasteiger partial charge in [0.15, 0.2) is 5.82 Å². The number of carbonyl (C=O) groups excluding carboxylic acids is 1. The molecule has 3 rings (SSSR count). The van der Waals surface area contributed by atoms with Gasteiger partial charge in [-0.3, -0.25) is 4.79 Å². The summed E-state index contributed by atoms with van der Waals surface area (Å²) >= 11 is 0. The first-order valence-corrected chi connectivity index (χ1v) is 9.00. The highest BCUT2D eigenvalue weighted by molar-refractivity contribution is 5.91. The van der Waals surface area contributed by atoms with Crippen LogP contribution in [0, 0.1) is 12.3 Å². The Hall–Kier alpha value is -2.48. The average molecular weight is 358 g/mol. The first kappa shape index (κ1) is 18.3. The van der Waals surface area contributed by atoms with Gasteiger partial charge >= 0.3 is 0 Å². The molecule has 0 aliphatic heterocycles. The predicted octanol–water partition coefficient (Wildman–Crippen LogP) is 2.22. The third kappa shape index (κ3) is 3.85. The van der Waals surface area contributed by atoms with E-state index in [1.165, 1.54) is 6.42 Å². The van der Waals surface area contributed by atoms with Gasteiger partial charge in [0.2, 0.25) is 5.91 Å². The Morgan fingerprint density at radius 3 is 2.73 bits per heavy atom. The van der Waals surface area contributed by atoms with Crippen molar-refractivity contribution >= 4 is 11.6 Å². The van der Waals surface area contributed by atoms with Crippen LogP contribution in [0.2, 0.25) is 0 Å². The van der Waals surface area contributed by atoms with E-state index < -0.39 is 0 Å². The first-order valence-electron chi connectivity index (χ1n) is 9.00. The zero-order chi connectivity index (χ0) is 18.6. The fourth-order valence-electron chi connectivity index (χ4n) is 3.69. The number of rotatable bonds is 6. The van der Waals surface area contributed by atoms with Gasteiger partial charge in [0.1, 0.15) is 11.4 Å². The van der Waals surface area contributed by atoms with Crippen LogP contribution in [0.5, 0.6) is 5.75 Å². The Labute approximate surface area is 153 Å². The molecule has 1 amide bonds. The molecule has 140 valence electrons. The number of carbonyl (C=O) groups is 1. The Bertz CT molecular complexity index is 767. The molecule has 0 unspecified atom stereocenters. The number of aryl methyl sites for hydroxylation is 1. The van der Waals surface area contributed by atoms with Crippen molar-refractivity contribution in [2.45, 2.75) is 45.4 Å². The number of methoxy groups -OCH3 is 1. The Morgan fingerprint density at radius 2 is 2.12 bits per heavy atom. The molecule has 1 saturated carbocycles. The predicted molar refractivity (Wildman–Crippen MR) is 98.3 cm³/mol. The molecule has 0 bridgehead atoms. The number of aromatic nitrogens is 4. The highest BCUT2D eigenvalue weighted by atomic mass is 16.5. The SMILES string of the molecule is COc1ccc(NC(=O)CC2(CN)CCCCC2)cc1-n1nnnc1C. The standard InChI is InChI=1S/C18H26N6O2/c1-13-21-22-23-24(13)15-10-14(6-7-16(15)26-2)20-17(25)11-18(12-19)8-4-3-5-9-18/h6-7,10H,3-5,8-9,11-12,19H2,1-2H3,(H,20,25). The van der Waals surface area contributed by atoms with E-state index in [4.69, 9.17) is 10.5 Å². The van der Waals surface area contributed by atoms with Crippen molar-refractivity contribution in [3.63, 3.8) is 0 Å². The lowest BCUT2D eigenvalue weighted by molar-refractivity contribution is -0.118. The Morgan fingerprint density at radius 1 is 1.35 bits per heavy atom. The topological polar surface area (TPSA) is 108 Å². The molecule has 1 heterocycles. The van der Waals surface area contributed by atoms with Crippen molar-refractivity contribution in [2.75, 3.05) is 19.0 Å². The van der Waals surface area contributed by atoms with Gasteiger partial charge in [0.25, 0.3) is 0 Å². The molecule has 3 N–H and O–H groups in total. The normalized spacial score (nSPS) is 16.3. The molecule has 1 aliphatic carbocycles. The van der Waals surface area contributed by atoms with Gasteiger partial charge in [0.05, 0.1) is 7.11 Å². The third-order valence-corrected chi connectivity index (χ3v) is 5.20. The van der Waals surface area contributed by atoms with Gasteiger partial charge in [-0.1, -0.05) is 19.3 Å². The number of amides is 1. The smallest absolute Gasteiger partial charge is 0.224 e. The summed E-state index contributed by atoms with van der Waals surface area (Å²) in [7, 11) is 1.59. The Kier molecular flexibility index (Phi) is 5.51. The van der Waals surface area contributed by atoms with Gasteiger partial charge in [-0.15, -0.1) is 5.10 Å². The number of tetrazole rings is 1. The fourth-order valence-corrected chi connectivity index (χ4v) is 3.69. The second-order valence-electron chi connectivity index (χ2n) is 7.01. The number of nitrogens with one attached hydrogen (secondary N) is 1. The van der Waals surface area contributed by atoms with E-state index in [-0.39, 0.29) is 11.3 Å². The highest BCUT2D eigenvalue weighted by Gasteiger charge is 2.33. The van der Waals surface area contributed by atoms with Crippen LogP contribution in [-0.2, 0) is 4.79 Å². The first-order chi connectivity index (χ1) is 12.6. The molecule has 1 aromatic carbocycles. The van der Waals surface area contributed by atoms with E-state index in [1.807, 2.05) is 12.1 Å². The molecule has 8 heteroatoms. The lowest BCUT2D eigenvalue weighted by Crippen LogP contribution is -2.36. The third-order valence-electron chi connectivity index (χ3n) is 5.20. The minimum absolute atomic E-state index is 0.0121. The molecular formula is C18H26N6O2. The van der Waals surface area contributed by atoms with Gasteiger partial charge in [0, 0.05) is 12.1 Å². The van der Waals surface area contributed by atoms with Gasteiger partial charge < -0.3 is 15.8 Å². The average Bonchev–Trinajstić information content (AvgIpc) is 3.08. The summed E-state index contributed by atoms with van der Waals surface area (Å²) < 4.78 is 6.97. The number of hydrogen-bond acceptors (Lipinski definition) is 6. The largest absolute Gasteiger partial charge is 0.494 e. The second kappa shape index (κ2) is 7.82. The van der Waals surface area contributed by atoms with Crippen molar-refractivity contribution in [3.05, 3.63) is 24.0 Å². The summed E-state index contributed by atoms with van der Waals surface area (Å²) in [5, 5.41) is 14.5. The number of nitrogens with zero attached hydrogens (tertiary/aromatic N) is 4. The number of anilines is 1. The minimum atomic E-state index is -0.0654. The van der Waals surface area contributed by atoms with Crippen molar-refractivity contribution in [2.24, 2.45) is 11.1 Å². The maximum atomic E-state index is 12.6. The van der Waals surface area contributed by atoms with E-state index in [2.05, 4.69) is 20.8 Å². The maximum absolute atomic E-state index is 12.6. The van der Waals surface area contributed by atoms with Gasteiger partial charge in [-0.2, -0.15) is 4.68 Å². The summed E-state index contributed by atoms with van der Waals surface area (Å²) in [4.78, 5) is 12.6. The molecule has 0 spiro atoms. The Balaban J connectivity index is 1.77. The molecule has 0 atom stereocenters. The van der Waals surface area contributed by atoms with Crippen LogP contribution < -0.4 is 15.8 Å². The fraction of sp³-hybridized carbons (Fsp3) is 0.556. The second-order valence-corrected chi connectivity index (χ2v) is 7.01. The molecule has 1 aromatic heterocycles. The summed E-state index contributed by atoms with van der Waals surface area (Å²) in [5.74, 6) is 1.25. The zero-order valence-corrected chi connectivity index (χ0v) is 15.4. The van der Waals surface area contributed by atoms with E-state index >= 15 is 0 Å². The molecule has 2 aromatic rings. The van der Waals surface area contributed by atoms with Crippen LogP contribution in [-0.4, -0.2) is 39.8 Å². The van der Waals surface area contributed by atoms with E-state index in [0.29, 0.717) is 35.9 Å². The van der Waals surface area contributed by atoms with E-state index in [0.717, 1.165) is 25.7 Å². The van der Waals surface area contributed by atoms with Crippen LogP contribution in [0.15, 0.2) is 18.2 Å². The molecule has 26 heavy (non-hydrogen) atoms. The maximum Gasteiger partial charge on any atom is 0.224 e. The van der Waals surface area contributed by atoms with Crippen molar-refractivity contribution in [1.29, 1.82) is 0 Å². The molecular weight excluding hydrogens is 332 g/mol. The van der Waals surface area contributed by atoms with Crippen molar-refractivity contribution in [1.82, 2.24) is 20.2 Å². The van der Waals surface area contributed by atoms with Crippen molar-refractivity contribution in [3.8, 4) is 11.4 Å². The van der Waals surface area contributed by atoms with E-state index in [1.54, 1.807) is 24.8 Å². The van der Waals surface area contributed by atoms with Gasteiger partial charge in [-0.05, 0) is 60.4 Å². The number of ether oxygens (including phenoxy) is 1. The molecule has 1 aliphatic rings. The van der Waals surface area contributed by atoms with Crippen LogP contribution in [0.1, 0.15) is 44.3 Å².